The minimum Gasteiger partial charge on any atom is -0.467 e. The topological polar surface area (TPSA) is 80.3 Å². The second-order valence-corrected chi connectivity index (χ2v) is 10.1. The number of aryl methyl sites for hydroxylation is 1. The summed E-state index contributed by atoms with van der Waals surface area (Å²) in [5, 5.41) is 0. The highest BCUT2D eigenvalue weighted by Gasteiger charge is 2.52. The lowest BCUT2D eigenvalue weighted by Crippen LogP contribution is -2.61. The van der Waals surface area contributed by atoms with Crippen LogP contribution in [0.4, 0.5) is 0 Å². The van der Waals surface area contributed by atoms with Crippen LogP contribution in [0, 0.1) is 6.92 Å². The fraction of sp³-hybridized carbons (Fsp3) is 0.333. The number of carbonyl (C=O) groups is 2. The maximum atomic E-state index is 12.9. The van der Waals surface area contributed by atoms with Crippen molar-refractivity contribution in [3.8, 4) is 0 Å². The van der Waals surface area contributed by atoms with Crippen LogP contribution in [0.1, 0.15) is 23.6 Å². The Morgan fingerprint density at radius 1 is 0.789 bits per heavy atom. The van der Waals surface area contributed by atoms with Crippen molar-refractivity contribution in [2.45, 2.75) is 61.8 Å². The highest BCUT2D eigenvalue weighted by molar-refractivity contribution is 7.99. The molecule has 5 atom stereocenters. The zero-order chi connectivity index (χ0) is 26.9. The third-order valence-corrected chi connectivity index (χ3v) is 7.23. The molecule has 4 rings (SSSR count). The number of thioether (sulfide) groups is 1. The third-order valence-electron chi connectivity index (χ3n) is 6.07. The van der Waals surface area contributed by atoms with E-state index in [4.69, 9.17) is 23.7 Å². The first kappa shape index (κ1) is 27.9. The molecule has 1 aliphatic heterocycles. The largest absolute Gasteiger partial charge is 0.467 e. The molecule has 0 radical (unpaired) electrons. The second-order valence-electron chi connectivity index (χ2n) is 8.98. The first-order valence-electron chi connectivity index (χ1n) is 12.4. The lowest BCUT2D eigenvalue weighted by molar-refractivity contribution is -0.243. The molecular formula is C30H32O7S. The quantitative estimate of drug-likeness (QED) is 0.332. The fourth-order valence-electron chi connectivity index (χ4n) is 4.18. The van der Waals surface area contributed by atoms with Crippen molar-refractivity contribution < 1.29 is 33.3 Å². The van der Waals surface area contributed by atoms with E-state index < -0.39 is 41.8 Å². The maximum absolute atomic E-state index is 12.9. The van der Waals surface area contributed by atoms with Crippen LogP contribution in [-0.2, 0) is 46.5 Å². The Hall–Kier alpha value is -3.17. The summed E-state index contributed by atoms with van der Waals surface area (Å²) in [6.07, 6.45) is -3.76. The van der Waals surface area contributed by atoms with Crippen LogP contribution in [0.3, 0.4) is 0 Å². The Morgan fingerprint density at radius 2 is 1.34 bits per heavy atom. The van der Waals surface area contributed by atoms with Gasteiger partial charge in [-0.3, -0.25) is 4.79 Å². The fourth-order valence-corrected chi connectivity index (χ4v) is 5.29. The van der Waals surface area contributed by atoms with Gasteiger partial charge in [0.2, 0.25) is 0 Å². The molecule has 200 valence electrons. The van der Waals surface area contributed by atoms with Crippen molar-refractivity contribution in [3.05, 3.63) is 102 Å². The summed E-state index contributed by atoms with van der Waals surface area (Å²) in [7, 11) is 1.27. The summed E-state index contributed by atoms with van der Waals surface area (Å²) >= 11 is 1.42. The lowest BCUT2D eigenvalue weighted by atomic mass is 9.98. The van der Waals surface area contributed by atoms with Gasteiger partial charge in [0.1, 0.15) is 17.6 Å². The molecule has 0 aliphatic carbocycles. The Kier molecular flexibility index (Phi) is 9.95. The third kappa shape index (κ3) is 7.45. The van der Waals surface area contributed by atoms with Crippen LogP contribution in [-0.4, -0.2) is 48.9 Å². The van der Waals surface area contributed by atoms with E-state index in [1.165, 1.54) is 25.8 Å². The Labute approximate surface area is 227 Å². The Balaban J connectivity index is 1.69. The summed E-state index contributed by atoms with van der Waals surface area (Å²) in [4.78, 5) is 25.9. The van der Waals surface area contributed by atoms with Gasteiger partial charge in [-0.2, -0.15) is 0 Å². The number of hydrogen-bond donors (Lipinski definition) is 0. The minimum absolute atomic E-state index is 0.226. The first-order valence-corrected chi connectivity index (χ1v) is 13.3. The van der Waals surface area contributed by atoms with Gasteiger partial charge in [0.05, 0.1) is 20.3 Å². The van der Waals surface area contributed by atoms with Gasteiger partial charge >= 0.3 is 11.9 Å². The first-order chi connectivity index (χ1) is 18.4. The summed E-state index contributed by atoms with van der Waals surface area (Å²) in [6, 6.07) is 27.4. The van der Waals surface area contributed by atoms with Crippen molar-refractivity contribution in [2.75, 3.05) is 7.11 Å². The van der Waals surface area contributed by atoms with Crippen molar-refractivity contribution in [3.63, 3.8) is 0 Å². The van der Waals surface area contributed by atoms with E-state index in [0.29, 0.717) is 0 Å². The molecule has 0 unspecified atom stereocenters. The van der Waals surface area contributed by atoms with E-state index in [2.05, 4.69) is 0 Å². The molecule has 0 aromatic heterocycles. The standard InChI is InChI=1S/C30H32O7S/c1-20-14-16-24(17-15-20)38-30-28(35-19-23-12-8-5-9-13-23)25(34-18-22-10-6-4-7-11-22)26(36-21(2)31)27(37-30)29(32)33-3/h4-17,25-28,30H,18-19H2,1-3H3/t25-,26-,27-,28-,30-/m0/s1. The molecule has 8 heteroatoms. The van der Waals surface area contributed by atoms with Crippen LogP contribution in [0.5, 0.6) is 0 Å². The zero-order valence-corrected chi connectivity index (χ0v) is 22.5. The van der Waals surface area contributed by atoms with E-state index in [1.54, 1.807) is 0 Å². The number of hydrogen-bond acceptors (Lipinski definition) is 8. The van der Waals surface area contributed by atoms with Crippen LogP contribution in [0.15, 0.2) is 89.8 Å². The molecule has 38 heavy (non-hydrogen) atoms. The number of carbonyl (C=O) groups excluding carboxylic acids is 2. The van der Waals surface area contributed by atoms with Gasteiger partial charge in [-0.25, -0.2) is 4.79 Å². The van der Waals surface area contributed by atoms with E-state index in [0.717, 1.165) is 21.6 Å². The number of esters is 2. The van der Waals surface area contributed by atoms with Gasteiger partial charge < -0.3 is 23.7 Å². The van der Waals surface area contributed by atoms with E-state index in [9.17, 15) is 9.59 Å². The summed E-state index contributed by atoms with van der Waals surface area (Å²) in [6.45, 7) is 3.81. The minimum atomic E-state index is -1.19. The van der Waals surface area contributed by atoms with Gasteiger partial charge in [-0.1, -0.05) is 90.1 Å². The highest BCUT2D eigenvalue weighted by atomic mass is 32.2. The average Bonchev–Trinajstić information content (AvgIpc) is 2.93. The predicted octanol–water partition coefficient (Wildman–Crippen LogP) is 5.09. The molecule has 0 spiro atoms. The number of ether oxygens (including phenoxy) is 5. The van der Waals surface area contributed by atoms with E-state index >= 15 is 0 Å². The molecule has 0 saturated carbocycles. The molecule has 1 saturated heterocycles. The highest BCUT2D eigenvalue weighted by Crippen LogP contribution is 2.38. The monoisotopic (exact) mass is 536 g/mol. The molecule has 3 aromatic rings. The maximum Gasteiger partial charge on any atom is 0.339 e. The van der Waals surface area contributed by atoms with Crippen molar-refractivity contribution in [1.29, 1.82) is 0 Å². The SMILES string of the molecule is COC(=O)[C@H]1O[C@@H](Sc2ccc(C)cc2)[C@@H](OCc2ccccc2)[C@@H](OCc2ccccc2)[C@@H]1OC(C)=O. The average molecular weight is 537 g/mol. The number of rotatable bonds is 10. The molecule has 1 heterocycles. The van der Waals surface area contributed by atoms with Crippen molar-refractivity contribution >= 4 is 23.7 Å². The van der Waals surface area contributed by atoms with Crippen molar-refractivity contribution in [2.24, 2.45) is 0 Å². The van der Waals surface area contributed by atoms with E-state index in [-0.39, 0.29) is 13.2 Å². The van der Waals surface area contributed by atoms with Gasteiger partial charge in [0.15, 0.2) is 12.2 Å². The molecule has 7 nitrogen and oxygen atoms in total. The lowest BCUT2D eigenvalue weighted by Gasteiger charge is -2.44. The van der Waals surface area contributed by atoms with Crippen molar-refractivity contribution in [1.82, 2.24) is 0 Å². The molecule has 0 amide bonds. The molecule has 3 aromatic carbocycles. The Bertz CT molecular complexity index is 1170. The predicted molar refractivity (Wildman–Crippen MR) is 143 cm³/mol. The van der Waals surface area contributed by atoms with Crippen LogP contribution in [0.25, 0.3) is 0 Å². The number of benzene rings is 3. The molecule has 0 N–H and O–H groups in total. The van der Waals surface area contributed by atoms with Gasteiger partial charge in [-0.05, 0) is 30.2 Å². The van der Waals surface area contributed by atoms with Crippen LogP contribution < -0.4 is 0 Å². The van der Waals surface area contributed by atoms with Crippen LogP contribution >= 0.6 is 11.8 Å². The Morgan fingerprint density at radius 3 is 1.87 bits per heavy atom. The smallest absolute Gasteiger partial charge is 0.339 e. The zero-order valence-electron chi connectivity index (χ0n) is 21.6. The summed E-state index contributed by atoms with van der Waals surface area (Å²) in [5.74, 6) is -1.21. The summed E-state index contributed by atoms with van der Waals surface area (Å²) in [5.41, 5.74) is 2.37. The normalized spacial score (nSPS) is 23.0. The van der Waals surface area contributed by atoms with E-state index in [1.807, 2.05) is 91.9 Å². The number of methoxy groups -OCH3 is 1. The molecule has 1 fully saturated rings. The van der Waals surface area contributed by atoms with Gasteiger partial charge in [0.25, 0.3) is 0 Å². The van der Waals surface area contributed by atoms with Gasteiger partial charge in [-0.15, -0.1) is 0 Å². The molecule has 1 aliphatic rings. The summed E-state index contributed by atoms with van der Waals surface area (Å²) < 4.78 is 29.8. The molecular weight excluding hydrogens is 504 g/mol. The second kappa shape index (κ2) is 13.6. The van der Waals surface area contributed by atoms with Gasteiger partial charge in [0, 0.05) is 11.8 Å². The van der Waals surface area contributed by atoms with Crippen LogP contribution in [0.2, 0.25) is 0 Å². The molecule has 0 bridgehead atoms.